The molecular weight excluding hydrogens is 553 g/mol. The van der Waals surface area contributed by atoms with E-state index in [4.69, 9.17) is 9.47 Å². The number of phenols is 2. The van der Waals surface area contributed by atoms with Gasteiger partial charge in [-0.25, -0.2) is 0 Å². The Kier molecular flexibility index (Phi) is 12.2. The van der Waals surface area contributed by atoms with E-state index in [1.165, 1.54) is 7.11 Å². The fourth-order valence-electron chi connectivity index (χ4n) is 4.76. The number of amides is 1. The van der Waals surface area contributed by atoms with Crippen molar-refractivity contribution in [1.29, 1.82) is 0 Å². The van der Waals surface area contributed by atoms with Gasteiger partial charge in [-0.15, -0.1) is 24.8 Å². The summed E-state index contributed by atoms with van der Waals surface area (Å²) in [7, 11) is 1.52. The van der Waals surface area contributed by atoms with Gasteiger partial charge in [-0.3, -0.25) is 9.69 Å². The monoisotopic (exact) mass is 591 g/mol. The number of halogens is 2. The normalized spacial score (nSPS) is 15.9. The molecule has 2 atom stereocenters. The molecule has 0 unspecified atom stereocenters. The van der Waals surface area contributed by atoms with Crippen LogP contribution in [0, 0.1) is 5.92 Å². The van der Waals surface area contributed by atoms with Crippen LogP contribution in [0.15, 0.2) is 66.7 Å². The van der Waals surface area contributed by atoms with Crippen molar-refractivity contribution in [3.8, 4) is 28.7 Å². The van der Waals surface area contributed by atoms with Crippen LogP contribution in [0.5, 0.6) is 28.7 Å². The van der Waals surface area contributed by atoms with Gasteiger partial charge in [-0.2, -0.15) is 0 Å². The first-order valence-corrected chi connectivity index (χ1v) is 13.0. The zero-order chi connectivity index (χ0) is 27.2. The van der Waals surface area contributed by atoms with Crippen LogP contribution in [-0.2, 0) is 0 Å². The number of rotatable bonds is 9. The van der Waals surface area contributed by atoms with Gasteiger partial charge in [0, 0.05) is 55.6 Å². The third-order valence-corrected chi connectivity index (χ3v) is 6.96. The lowest BCUT2D eigenvalue weighted by Crippen LogP contribution is -2.56. The first-order chi connectivity index (χ1) is 18.2. The molecule has 0 saturated carbocycles. The zero-order valence-corrected chi connectivity index (χ0v) is 24.9. The molecule has 3 aromatic carbocycles. The number of hydrogen-bond donors (Lipinski definition) is 3. The van der Waals surface area contributed by atoms with E-state index in [1.807, 2.05) is 12.1 Å². The fraction of sp³-hybridized carbons (Fsp3) is 0.367. The summed E-state index contributed by atoms with van der Waals surface area (Å²) in [6.07, 6.45) is 0. The molecule has 1 heterocycles. The number of carbonyl (C=O) groups excluding carboxylic acids is 1. The quantitative estimate of drug-likeness (QED) is 0.293. The van der Waals surface area contributed by atoms with Gasteiger partial charge in [0.2, 0.25) is 0 Å². The number of carbonyl (C=O) groups is 1. The lowest BCUT2D eigenvalue weighted by Gasteiger charge is -2.42. The molecule has 0 aliphatic carbocycles. The lowest BCUT2D eigenvalue weighted by molar-refractivity contribution is 0.0902. The molecule has 1 amide bonds. The highest BCUT2D eigenvalue weighted by molar-refractivity contribution is 5.95. The van der Waals surface area contributed by atoms with Crippen LogP contribution < -0.4 is 19.7 Å². The van der Waals surface area contributed by atoms with Gasteiger partial charge >= 0.3 is 0 Å². The Hall–Kier alpha value is -3.33. The topological polar surface area (TPSA) is 94.5 Å². The molecule has 4 rings (SSSR count). The van der Waals surface area contributed by atoms with Crippen LogP contribution >= 0.6 is 24.8 Å². The van der Waals surface area contributed by atoms with Crippen molar-refractivity contribution in [2.45, 2.75) is 32.9 Å². The molecule has 1 aliphatic heterocycles. The lowest BCUT2D eigenvalue weighted by atomic mass is 10.0. The van der Waals surface area contributed by atoms with Crippen molar-refractivity contribution < 1.29 is 24.5 Å². The number of benzene rings is 3. The fourth-order valence-corrected chi connectivity index (χ4v) is 4.76. The molecular formula is C30H39Cl2N3O5. The van der Waals surface area contributed by atoms with E-state index < -0.39 is 0 Å². The van der Waals surface area contributed by atoms with Crippen LogP contribution in [0.3, 0.4) is 0 Å². The van der Waals surface area contributed by atoms with Gasteiger partial charge in [-0.05, 0) is 55.3 Å². The Morgan fingerprint density at radius 2 is 1.73 bits per heavy atom. The maximum absolute atomic E-state index is 13.2. The molecule has 0 spiro atoms. The van der Waals surface area contributed by atoms with Crippen molar-refractivity contribution >= 4 is 36.4 Å². The van der Waals surface area contributed by atoms with E-state index in [1.54, 1.807) is 54.6 Å². The molecule has 40 heavy (non-hydrogen) atoms. The Balaban J connectivity index is 0.00000280. The third-order valence-electron chi connectivity index (χ3n) is 6.96. The molecule has 1 aliphatic rings. The highest BCUT2D eigenvalue weighted by Crippen LogP contribution is 2.36. The van der Waals surface area contributed by atoms with E-state index >= 15 is 0 Å². The van der Waals surface area contributed by atoms with Gasteiger partial charge in [-0.1, -0.05) is 32.0 Å². The number of anilines is 1. The Morgan fingerprint density at radius 1 is 0.975 bits per heavy atom. The van der Waals surface area contributed by atoms with E-state index in [0.29, 0.717) is 22.8 Å². The molecule has 10 heteroatoms. The van der Waals surface area contributed by atoms with Crippen LogP contribution in [0.25, 0.3) is 0 Å². The van der Waals surface area contributed by atoms with Crippen LogP contribution in [0.1, 0.15) is 31.1 Å². The first-order valence-electron chi connectivity index (χ1n) is 13.0. The first kappa shape index (κ1) is 32.9. The Bertz CT molecular complexity index is 1260. The summed E-state index contributed by atoms with van der Waals surface area (Å²) < 4.78 is 11.3. The largest absolute Gasteiger partial charge is 0.508 e. The predicted molar refractivity (Wildman–Crippen MR) is 163 cm³/mol. The molecule has 0 aromatic heterocycles. The smallest absolute Gasteiger partial charge is 0.251 e. The number of para-hydroxylation sites is 2. The molecule has 8 nitrogen and oxygen atoms in total. The molecule has 3 aromatic rings. The van der Waals surface area contributed by atoms with Gasteiger partial charge in [0.15, 0.2) is 23.0 Å². The average Bonchev–Trinajstić information content (AvgIpc) is 2.89. The van der Waals surface area contributed by atoms with Gasteiger partial charge < -0.3 is 29.9 Å². The Labute approximate surface area is 248 Å². The average molecular weight is 593 g/mol. The summed E-state index contributed by atoms with van der Waals surface area (Å²) >= 11 is 0. The molecule has 1 fully saturated rings. The van der Waals surface area contributed by atoms with Crippen molar-refractivity contribution in [3.63, 3.8) is 0 Å². The highest BCUT2D eigenvalue weighted by Gasteiger charge is 2.28. The van der Waals surface area contributed by atoms with E-state index in [9.17, 15) is 15.0 Å². The molecule has 3 N–H and O–H groups in total. The van der Waals surface area contributed by atoms with Crippen molar-refractivity contribution in [3.05, 3.63) is 72.3 Å². The molecule has 1 saturated heterocycles. The van der Waals surface area contributed by atoms with E-state index in [-0.39, 0.29) is 60.2 Å². The molecule has 0 radical (unpaired) electrons. The number of nitrogens with zero attached hydrogens (tertiary/aromatic N) is 2. The second-order valence-corrected chi connectivity index (χ2v) is 10.1. The maximum atomic E-state index is 13.2. The number of nitrogens with one attached hydrogen (secondary N) is 1. The van der Waals surface area contributed by atoms with Crippen LogP contribution in [0.4, 0.5) is 5.69 Å². The third kappa shape index (κ3) is 8.10. The van der Waals surface area contributed by atoms with Gasteiger partial charge in [0.05, 0.1) is 7.11 Å². The summed E-state index contributed by atoms with van der Waals surface area (Å²) in [5.41, 5.74) is 1.49. The summed E-state index contributed by atoms with van der Waals surface area (Å²) in [5.74, 6) is 1.47. The van der Waals surface area contributed by atoms with Gasteiger partial charge in [0.25, 0.3) is 5.91 Å². The number of hydrogen-bond acceptors (Lipinski definition) is 7. The molecule has 0 bridgehead atoms. The van der Waals surface area contributed by atoms with Crippen molar-refractivity contribution in [1.82, 2.24) is 10.2 Å². The minimum atomic E-state index is -0.178. The summed E-state index contributed by atoms with van der Waals surface area (Å²) in [5, 5.41) is 23.1. The van der Waals surface area contributed by atoms with Crippen molar-refractivity contribution in [2.75, 3.05) is 38.2 Å². The molecule has 218 valence electrons. The SMILES string of the molecule is COc1cc(C(=O)N[C@H](CN2CCN(c3cccc(O)c3)[C@@H](C)C2)C(C)C)ccc1Oc1ccccc1O.Cl.Cl. The standard InChI is InChI=1S/C30H37N3O5.2ClH/c1-20(2)25(19-32-14-15-33(21(3)18-32)23-8-7-9-24(34)17-23)31-30(36)22-12-13-28(29(16-22)37-4)38-27-11-6-5-10-26(27)35;;/h5-13,16-17,20-21,25,34-35H,14-15,18-19H2,1-4H3,(H,31,36);2*1H/t21-,25+;;/m0../s1. The summed E-state index contributed by atoms with van der Waals surface area (Å²) in [6.45, 7) is 9.73. The van der Waals surface area contributed by atoms with Crippen LogP contribution in [0.2, 0.25) is 0 Å². The number of methoxy groups -OCH3 is 1. The highest BCUT2D eigenvalue weighted by atomic mass is 35.5. The second kappa shape index (κ2) is 14.9. The number of phenolic OH excluding ortho intramolecular Hbond substituents is 2. The summed E-state index contributed by atoms with van der Waals surface area (Å²) in [6, 6.07) is 19.3. The number of piperazine rings is 1. The zero-order valence-electron chi connectivity index (χ0n) is 23.2. The maximum Gasteiger partial charge on any atom is 0.251 e. The number of aromatic hydroxyl groups is 2. The second-order valence-electron chi connectivity index (χ2n) is 10.1. The van der Waals surface area contributed by atoms with E-state index in [0.717, 1.165) is 31.9 Å². The Morgan fingerprint density at radius 3 is 2.38 bits per heavy atom. The summed E-state index contributed by atoms with van der Waals surface area (Å²) in [4.78, 5) is 17.9. The minimum absolute atomic E-state index is 0. The van der Waals surface area contributed by atoms with E-state index in [2.05, 4.69) is 35.9 Å². The van der Waals surface area contributed by atoms with Crippen LogP contribution in [-0.4, -0.2) is 66.4 Å². The number of ether oxygens (including phenoxy) is 2. The predicted octanol–water partition coefficient (Wildman–Crippen LogP) is 5.71. The minimum Gasteiger partial charge on any atom is -0.508 e. The van der Waals surface area contributed by atoms with Gasteiger partial charge in [0.1, 0.15) is 5.75 Å². The van der Waals surface area contributed by atoms with Crippen molar-refractivity contribution in [2.24, 2.45) is 5.92 Å².